The number of pyridine rings is 1. The van der Waals surface area contributed by atoms with E-state index in [1.54, 1.807) is 0 Å². The Balaban J connectivity index is 3.41. The highest BCUT2D eigenvalue weighted by molar-refractivity contribution is 7.80. The molecule has 0 spiro atoms. The van der Waals surface area contributed by atoms with Crippen molar-refractivity contribution in [1.82, 2.24) is 4.98 Å². The van der Waals surface area contributed by atoms with Crippen LogP contribution in [-0.2, 0) is 0 Å². The number of rotatable bonds is 1. The lowest BCUT2D eigenvalue weighted by Gasteiger charge is -2.03. The molecule has 0 unspecified atom stereocenters. The molecule has 0 aromatic carbocycles. The quantitative estimate of drug-likeness (QED) is 0.532. The molecule has 1 aromatic rings. The van der Waals surface area contributed by atoms with E-state index in [4.69, 9.17) is 40.5 Å². The summed E-state index contributed by atoms with van der Waals surface area (Å²) in [6.07, 6.45) is 0. The second-order valence-electron chi connectivity index (χ2n) is 2.24. The Labute approximate surface area is 85.1 Å². The maximum absolute atomic E-state index is 8.62. The molecule has 0 saturated heterocycles. The normalized spacial score (nSPS) is 9.23. The Kier molecular flexibility index (Phi) is 2.66. The molecule has 1 heterocycles. The lowest BCUT2D eigenvalue weighted by atomic mass is 10.2. The summed E-state index contributed by atoms with van der Waals surface area (Å²) in [5, 5.41) is 8.67. The molecule has 13 heavy (non-hydrogen) atoms. The molecule has 0 amide bonds. The van der Waals surface area contributed by atoms with E-state index < -0.39 is 0 Å². The average molecular weight is 213 g/mol. The van der Waals surface area contributed by atoms with Gasteiger partial charge in [-0.2, -0.15) is 5.26 Å². The maximum Gasteiger partial charge on any atom is 0.149 e. The van der Waals surface area contributed by atoms with Crippen molar-refractivity contribution in [2.45, 2.75) is 0 Å². The van der Waals surface area contributed by atoms with Gasteiger partial charge in [0.15, 0.2) is 0 Å². The molecule has 0 aliphatic heterocycles. The van der Waals surface area contributed by atoms with Crippen molar-refractivity contribution in [2.75, 3.05) is 5.73 Å². The van der Waals surface area contributed by atoms with Crippen LogP contribution in [0.1, 0.15) is 11.1 Å². The molecule has 66 valence electrons. The number of nitriles is 1. The summed E-state index contributed by atoms with van der Waals surface area (Å²) in [4.78, 5) is 3.81. The van der Waals surface area contributed by atoms with E-state index in [0.717, 1.165) is 0 Å². The van der Waals surface area contributed by atoms with Crippen molar-refractivity contribution in [2.24, 2.45) is 5.73 Å². The van der Waals surface area contributed by atoms with Crippen molar-refractivity contribution < 1.29 is 0 Å². The maximum atomic E-state index is 8.62. The molecular weight excluding hydrogens is 208 g/mol. The first-order valence-electron chi connectivity index (χ1n) is 3.22. The van der Waals surface area contributed by atoms with Crippen molar-refractivity contribution in [3.8, 4) is 6.07 Å². The minimum atomic E-state index is 0.0556. The minimum Gasteiger partial charge on any atom is -0.389 e. The van der Waals surface area contributed by atoms with E-state index in [1.807, 2.05) is 6.07 Å². The molecule has 0 saturated carbocycles. The SMILES string of the molecule is N#Cc1cc(C(N)=S)c(N)nc1Cl. The molecule has 4 N–H and O–H groups in total. The Morgan fingerprint density at radius 1 is 1.69 bits per heavy atom. The summed E-state index contributed by atoms with van der Waals surface area (Å²) in [6, 6.07) is 3.28. The van der Waals surface area contributed by atoms with Gasteiger partial charge >= 0.3 is 0 Å². The zero-order valence-electron chi connectivity index (χ0n) is 6.41. The number of halogens is 1. The van der Waals surface area contributed by atoms with Gasteiger partial charge in [0.2, 0.25) is 0 Å². The molecule has 1 rings (SSSR count). The van der Waals surface area contributed by atoms with Gasteiger partial charge in [0.1, 0.15) is 22.0 Å². The molecular formula is C7H5ClN4S. The monoisotopic (exact) mass is 212 g/mol. The van der Waals surface area contributed by atoms with Crippen LogP contribution in [0.15, 0.2) is 6.07 Å². The molecule has 0 fully saturated rings. The Morgan fingerprint density at radius 2 is 2.31 bits per heavy atom. The van der Waals surface area contributed by atoms with Crippen LogP contribution in [0, 0.1) is 11.3 Å². The van der Waals surface area contributed by atoms with Crippen LogP contribution in [0.4, 0.5) is 5.82 Å². The molecule has 0 atom stereocenters. The van der Waals surface area contributed by atoms with E-state index in [0.29, 0.717) is 5.56 Å². The standard InChI is InChI=1S/C7H5ClN4S/c8-5-3(2-9)1-4(7(11)13)6(10)12-5/h1H,(H2,10,12)(H2,11,13). The molecule has 0 aliphatic carbocycles. The van der Waals surface area contributed by atoms with Crippen LogP contribution < -0.4 is 11.5 Å². The van der Waals surface area contributed by atoms with Gasteiger partial charge in [0.25, 0.3) is 0 Å². The van der Waals surface area contributed by atoms with Gasteiger partial charge in [0, 0.05) is 0 Å². The summed E-state index contributed by atoms with van der Waals surface area (Å²) >= 11 is 10.3. The summed E-state index contributed by atoms with van der Waals surface area (Å²) < 4.78 is 0. The predicted molar refractivity (Wildman–Crippen MR) is 54.3 cm³/mol. The predicted octanol–water partition coefficient (Wildman–Crippen LogP) is 0.823. The smallest absolute Gasteiger partial charge is 0.149 e. The summed E-state index contributed by atoms with van der Waals surface area (Å²) in [5.41, 5.74) is 11.4. The Hall–Kier alpha value is -1.38. The van der Waals surface area contributed by atoms with E-state index in [1.165, 1.54) is 6.07 Å². The number of hydrogen-bond acceptors (Lipinski definition) is 4. The number of thiocarbonyl (C=S) groups is 1. The van der Waals surface area contributed by atoms with Crippen molar-refractivity contribution >= 4 is 34.6 Å². The molecule has 0 aliphatic rings. The number of anilines is 1. The van der Waals surface area contributed by atoms with Gasteiger partial charge in [-0.25, -0.2) is 4.98 Å². The van der Waals surface area contributed by atoms with Crippen LogP contribution in [0.25, 0.3) is 0 Å². The van der Waals surface area contributed by atoms with Gasteiger partial charge < -0.3 is 11.5 Å². The molecule has 4 nitrogen and oxygen atoms in total. The molecule has 1 aromatic heterocycles. The lowest BCUT2D eigenvalue weighted by molar-refractivity contribution is 1.30. The fourth-order valence-electron chi connectivity index (χ4n) is 0.780. The van der Waals surface area contributed by atoms with Crippen LogP contribution in [-0.4, -0.2) is 9.97 Å². The molecule has 0 radical (unpaired) electrons. The largest absolute Gasteiger partial charge is 0.389 e. The second kappa shape index (κ2) is 3.56. The first-order chi connectivity index (χ1) is 6.06. The number of nitrogens with zero attached hydrogens (tertiary/aromatic N) is 2. The summed E-state index contributed by atoms with van der Waals surface area (Å²) in [5.74, 6) is 0.136. The Morgan fingerprint density at radius 3 is 2.77 bits per heavy atom. The average Bonchev–Trinajstić information content (AvgIpc) is 2.03. The van der Waals surface area contributed by atoms with Gasteiger partial charge in [-0.3, -0.25) is 0 Å². The van der Waals surface area contributed by atoms with Crippen LogP contribution in [0.3, 0.4) is 0 Å². The van der Waals surface area contributed by atoms with Gasteiger partial charge in [0.05, 0.1) is 11.1 Å². The Bertz CT molecular complexity index is 410. The highest BCUT2D eigenvalue weighted by Crippen LogP contribution is 2.18. The zero-order chi connectivity index (χ0) is 10.0. The van der Waals surface area contributed by atoms with E-state index in [9.17, 15) is 0 Å². The third kappa shape index (κ3) is 1.86. The van der Waals surface area contributed by atoms with Gasteiger partial charge in [-0.1, -0.05) is 23.8 Å². The molecule has 0 bridgehead atoms. The third-order valence-electron chi connectivity index (χ3n) is 1.39. The topological polar surface area (TPSA) is 88.7 Å². The molecule has 6 heteroatoms. The highest BCUT2D eigenvalue weighted by Gasteiger charge is 2.09. The van der Waals surface area contributed by atoms with Crippen LogP contribution in [0.5, 0.6) is 0 Å². The highest BCUT2D eigenvalue weighted by atomic mass is 35.5. The van der Waals surface area contributed by atoms with Gasteiger partial charge in [-0.05, 0) is 6.07 Å². The lowest BCUT2D eigenvalue weighted by Crippen LogP contribution is -2.13. The minimum absolute atomic E-state index is 0.0556. The van der Waals surface area contributed by atoms with Crippen molar-refractivity contribution in [1.29, 1.82) is 5.26 Å². The van der Waals surface area contributed by atoms with Crippen molar-refractivity contribution in [3.05, 3.63) is 22.3 Å². The number of hydrogen-bond donors (Lipinski definition) is 2. The fraction of sp³-hybridized carbons (Fsp3) is 0. The fourth-order valence-corrected chi connectivity index (χ4v) is 1.13. The van der Waals surface area contributed by atoms with Crippen LogP contribution in [0.2, 0.25) is 5.15 Å². The first-order valence-corrected chi connectivity index (χ1v) is 4.00. The van der Waals surface area contributed by atoms with E-state index in [-0.39, 0.29) is 21.5 Å². The van der Waals surface area contributed by atoms with E-state index >= 15 is 0 Å². The third-order valence-corrected chi connectivity index (χ3v) is 1.90. The summed E-state index contributed by atoms with van der Waals surface area (Å²) in [7, 11) is 0. The number of aromatic nitrogens is 1. The van der Waals surface area contributed by atoms with Gasteiger partial charge in [-0.15, -0.1) is 0 Å². The summed E-state index contributed by atoms with van der Waals surface area (Å²) in [6.45, 7) is 0. The van der Waals surface area contributed by atoms with E-state index in [2.05, 4.69) is 4.98 Å². The zero-order valence-corrected chi connectivity index (χ0v) is 7.99. The number of nitrogens with two attached hydrogens (primary N) is 2. The van der Waals surface area contributed by atoms with Crippen LogP contribution >= 0.6 is 23.8 Å². The second-order valence-corrected chi connectivity index (χ2v) is 3.03. The first kappa shape index (κ1) is 9.71. The van der Waals surface area contributed by atoms with Crippen molar-refractivity contribution in [3.63, 3.8) is 0 Å². The number of nitrogen functional groups attached to an aromatic ring is 1.